The van der Waals surface area contributed by atoms with Crippen LogP contribution in [0.15, 0.2) is 36.1 Å². The first-order valence-corrected chi connectivity index (χ1v) is 8.37. The van der Waals surface area contributed by atoms with Gasteiger partial charge in [-0.15, -0.1) is 0 Å². The second-order valence-electron chi connectivity index (χ2n) is 4.31. The van der Waals surface area contributed by atoms with Crippen molar-refractivity contribution in [2.24, 2.45) is 0 Å². The Labute approximate surface area is 168 Å². The lowest BCUT2D eigenvalue weighted by Gasteiger charge is -2.20. The van der Waals surface area contributed by atoms with Crippen LogP contribution in [0, 0.1) is 0 Å². The van der Waals surface area contributed by atoms with Crippen molar-refractivity contribution in [3.05, 3.63) is 41.7 Å². The third kappa shape index (κ3) is 9.11. The number of carbonyl (C=O) groups excluding carboxylic acids is 1. The fourth-order valence-electron chi connectivity index (χ4n) is 1.48. The number of ketones is 1. The average Bonchev–Trinajstić information content (AvgIpc) is 2.35. The molecule has 10 heteroatoms. The fourth-order valence-corrected chi connectivity index (χ4v) is 1.98. The van der Waals surface area contributed by atoms with Crippen molar-refractivity contribution >= 4 is 81.5 Å². The van der Waals surface area contributed by atoms with Crippen LogP contribution in [0.5, 0.6) is 11.5 Å². The highest BCUT2D eigenvalue weighted by molar-refractivity contribution is 6.67. The zero-order valence-electron chi connectivity index (χ0n) is 11.9. The zero-order valence-corrected chi connectivity index (χ0v) is 16.4. The Kier molecular flexibility index (Phi) is 7.85. The number of carbonyl (C=O) groups is 1. The smallest absolute Gasteiger partial charge is 0.338 e. The van der Waals surface area contributed by atoms with E-state index in [4.69, 9.17) is 79.1 Å². The molecule has 0 atom stereocenters. The van der Waals surface area contributed by atoms with Crippen LogP contribution in [0.25, 0.3) is 6.08 Å². The Balaban J connectivity index is 3.15. The van der Waals surface area contributed by atoms with Crippen molar-refractivity contribution < 1.29 is 19.4 Å². The molecule has 0 aliphatic heterocycles. The molecule has 0 unspecified atom stereocenters. The highest BCUT2D eigenvalue weighted by Crippen LogP contribution is 2.40. The third-order valence-electron chi connectivity index (χ3n) is 2.22. The summed E-state index contributed by atoms with van der Waals surface area (Å²) in [6.45, 7) is 1.31. The molecule has 0 aliphatic carbocycles. The number of allylic oxidation sites excluding steroid dienone is 2. The van der Waals surface area contributed by atoms with Crippen molar-refractivity contribution in [3.8, 4) is 11.5 Å². The van der Waals surface area contributed by atoms with Crippen molar-refractivity contribution in [1.29, 1.82) is 0 Å². The minimum atomic E-state index is -2.08. The summed E-state index contributed by atoms with van der Waals surface area (Å²) >= 11 is 33.5. The van der Waals surface area contributed by atoms with Gasteiger partial charge in [0.15, 0.2) is 17.3 Å². The molecule has 0 amide bonds. The Morgan fingerprint density at radius 1 is 1.04 bits per heavy atom. The molecule has 0 heterocycles. The van der Waals surface area contributed by atoms with E-state index in [0.717, 1.165) is 6.08 Å². The molecule has 1 rings (SSSR count). The SMILES string of the molecule is CC(=O)/C=C(O)/C=C/c1ccc(OC(Cl)(Cl)Cl)c(OC(Cl)(Cl)Cl)c1. The van der Waals surface area contributed by atoms with Gasteiger partial charge in [0.25, 0.3) is 0 Å². The lowest BCUT2D eigenvalue weighted by Crippen LogP contribution is -2.17. The van der Waals surface area contributed by atoms with E-state index in [-0.39, 0.29) is 23.0 Å². The molecular formula is C14H10Cl6O4. The maximum absolute atomic E-state index is 10.9. The minimum Gasteiger partial charge on any atom is -0.508 e. The quantitative estimate of drug-likeness (QED) is 0.251. The number of hydrogen-bond acceptors (Lipinski definition) is 4. The van der Waals surface area contributed by atoms with Crippen LogP contribution in [0.3, 0.4) is 0 Å². The molecule has 1 aromatic carbocycles. The number of rotatable bonds is 5. The molecular weight excluding hydrogens is 445 g/mol. The summed E-state index contributed by atoms with van der Waals surface area (Å²) in [4.78, 5) is 10.9. The lowest BCUT2D eigenvalue weighted by molar-refractivity contribution is -0.112. The predicted molar refractivity (Wildman–Crippen MR) is 98.7 cm³/mol. The van der Waals surface area contributed by atoms with E-state index in [9.17, 15) is 9.90 Å². The molecule has 4 nitrogen and oxygen atoms in total. The van der Waals surface area contributed by atoms with Gasteiger partial charge in [-0.05, 0) is 100 Å². The van der Waals surface area contributed by atoms with Crippen LogP contribution in [0.1, 0.15) is 12.5 Å². The molecule has 24 heavy (non-hydrogen) atoms. The first-order chi connectivity index (χ1) is 10.9. The van der Waals surface area contributed by atoms with E-state index in [1.54, 1.807) is 6.07 Å². The summed E-state index contributed by atoms with van der Waals surface area (Å²) in [5.41, 5.74) is 0.527. The first kappa shape index (κ1) is 21.6. The second-order valence-corrected chi connectivity index (χ2v) is 8.67. The normalized spacial score (nSPS) is 13.2. The molecule has 0 saturated carbocycles. The summed E-state index contributed by atoms with van der Waals surface area (Å²) in [7, 11) is 0. The molecule has 0 bridgehead atoms. The topological polar surface area (TPSA) is 55.8 Å². The Hall–Kier alpha value is -0.490. The number of aliphatic hydroxyl groups is 1. The van der Waals surface area contributed by atoms with E-state index in [1.165, 1.54) is 31.2 Å². The average molecular weight is 455 g/mol. The number of benzene rings is 1. The minimum absolute atomic E-state index is 0.0153. The molecule has 1 N–H and O–H groups in total. The van der Waals surface area contributed by atoms with Crippen LogP contribution < -0.4 is 9.47 Å². The monoisotopic (exact) mass is 452 g/mol. The largest absolute Gasteiger partial charge is 0.508 e. The maximum atomic E-state index is 10.9. The molecule has 0 aliphatic rings. The van der Waals surface area contributed by atoms with E-state index >= 15 is 0 Å². The van der Waals surface area contributed by atoms with Gasteiger partial charge in [0.2, 0.25) is 0 Å². The number of alkyl halides is 6. The van der Waals surface area contributed by atoms with Crippen LogP contribution in [-0.2, 0) is 4.79 Å². The standard InChI is InChI=1S/C14H10Cl6O4/c1-8(21)6-10(22)4-2-9-3-5-11(23-13(15,16)17)12(7-9)24-14(18,19)20/h2-7,22H,1H3/b4-2+,10-6-. The van der Waals surface area contributed by atoms with Gasteiger partial charge in [-0.1, -0.05) is 12.1 Å². The van der Waals surface area contributed by atoms with Gasteiger partial charge in [-0.25, -0.2) is 0 Å². The molecule has 0 radical (unpaired) electrons. The van der Waals surface area contributed by atoms with Crippen molar-refractivity contribution in [3.63, 3.8) is 0 Å². The Bertz CT molecular complexity index is 658. The highest BCUT2D eigenvalue weighted by Gasteiger charge is 2.28. The van der Waals surface area contributed by atoms with Crippen molar-refractivity contribution in [1.82, 2.24) is 0 Å². The van der Waals surface area contributed by atoms with Gasteiger partial charge in [0.05, 0.1) is 0 Å². The molecule has 0 aromatic heterocycles. The Morgan fingerprint density at radius 2 is 1.58 bits per heavy atom. The van der Waals surface area contributed by atoms with Gasteiger partial charge in [0.1, 0.15) is 5.76 Å². The predicted octanol–water partition coefficient (Wildman–Crippen LogP) is 6.14. The van der Waals surface area contributed by atoms with E-state index < -0.39 is 7.96 Å². The van der Waals surface area contributed by atoms with E-state index in [2.05, 4.69) is 0 Å². The third-order valence-corrected chi connectivity index (χ3v) is 2.68. The van der Waals surface area contributed by atoms with Gasteiger partial charge < -0.3 is 14.6 Å². The van der Waals surface area contributed by atoms with Gasteiger partial charge in [-0.2, -0.15) is 0 Å². The van der Waals surface area contributed by atoms with Gasteiger partial charge in [-0.3, -0.25) is 4.79 Å². The van der Waals surface area contributed by atoms with Crippen LogP contribution >= 0.6 is 69.6 Å². The van der Waals surface area contributed by atoms with E-state index in [1.807, 2.05) is 0 Å². The number of ether oxygens (including phenoxy) is 2. The highest BCUT2D eigenvalue weighted by atomic mass is 35.6. The molecule has 132 valence electrons. The molecule has 1 aromatic rings. The lowest BCUT2D eigenvalue weighted by atomic mass is 10.1. The van der Waals surface area contributed by atoms with E-state index in [0.29, 0.717) is 5.56 Å². The summed E-state index contributed by atoms with van der Waals surface area (Å²) in [6, 6.07) is 4.40. The zero-order chi connectivity index (χ0) is 18.5. The molecule has 0 spiro atoms. The molecule has 0 fully saturated rings. The second kappa shape index (κ2) is 8.75. The maximum Gasteiger partial charge on any atom is 0.338 e. The Morgan fingerprint density at radius 3 is 2.08 bits per heavy atom. The number of aliphatic hydroxyl groups excluding tert-OH is 1. The first-order valence-electron chi connectivity index (χ1n) is 6.10. The summed E-state index contributed by atoms with van der Waals surface area (Å²) in [5, 5.41) is 9.53. The van der Waals surface area contributed by atoms with Crippen LogP contribution in [0.4, 0.5) is 0 Å². The van der Waals surface area contributed by atoms with Crippen molar-refractivity contribution in [2.75, 3.05) is 0 Å². The number of halogens is 6. The van der Waals surface area contributed by atoms with Crippen molar-refractivity contribution in [2.45, 2.75) is 14.9 Å². The summed E-state index contributed by atoms with van der Waals surface area (Å²) < 4.78 is 6.07. The summed E-state index contributed by atoms with van der Waals surface area (Å²) in [6.07, 6.45) is 3.83. The summed E-state index contributed by atoms with van der Waals surface area (Å²) in [5.74, 6) is -0.530. The van der Waals surface area contributed by atoms with Crippen LogP contribution in [0.2, 0.25) is 0 Å². The van der Waals surface area contributed by atoms with Gasteiger partial charge >= 0.3 is 7.96 Å². The molecule has 0 saturated heterocycles. The number of hydrogen-bond donors (Lipinski definition) is 1. The fraction of sp³-hybridized carbons (Fsp3) is 0.214. The van der Waals surface area contributed by atoms with Gasteiger partial charge in [0, 0.05) is 6.08 Å². The van der Waals surface area contributed by atoms with Crippen LogP contribution in [-0.4, -0.2) is 18.8 Å².